The predicted molar refractivity (Wildman–Crippen MR) is 106 cm³/mol. The molecule has 0 aliphatic carbocycles. The maximum absolute atomic E-state index is 12.8. The molecule has 7 heteroatoms. The third-order valence-corrected chi connectivity index (χ3v) is 5.77. The van der Waals surface area contributed by atoms with Crippen LogP contribution in [0.4, 0.5) is 5.69 Å². The van der Waals surface area contributed by atoms with Gasteiger partial charge in [0.05, 0.1) is 0 Å². The zero-order valence-electron chi connectivity index (χ0n) is 14.5. The van der Waals surface area contributed by atoms with Crippen molar-refractivity contribution in [3.8, 4) is 0 Å². The molecular weight excluding hydrogens is 358 g/mol. The summed E-state index contributed by atoms with van der Waals surface area (Å²) in [5, 5.41) is 6.31. The first kappa shape index (κ1) is 20.1. The third-order valence-electron chi connectivity index (χ3n) is 4.83. The summed E-state index contributed by atoms with van der Waals surface area (Å²) in [6.45, 7) is 5.30. The summed E-state index contributed by atoms with van der Waals surface area (Å²) in [7, 11) is 0. The molecule has 2 fully saturated rings. The summed E-state index contributed by atoms with van der Waals surface area (Å²) < 4.78 is 0. The Morgan fingerprint density at radius 3 is 2.56 bits per heavy atom. The van der Waals surface area contributed by atoms with E-state index in [1.54, 1.807) is 0 Å². The molecule has 2 amide bonds. The maximum Gasteiger partial charge on any atom is 0.254 e. The molecule has 5 nitrogen and oxygen atoms in total. The minimum absolute atomic E-state index is 0. The molecule has 2 saturated heterocycles. The molecule has 0 bridgehead atoms. The topological polar surface area (TPSA) is 61.4 Å². The number of anilines is 1. The molecule has 0 atom stereocenters. The van der Waals surface area contributed by atoms with Crippen molar-refractivity contribution < 1.29 is 9.59 Å². The normalized spacial score (nSPS) is 18.4. The minimum Gasteiger partial charge on any atom is -0.337 e. The lowest BCUT2D eigenvalue weighted by molar-refractivity contribution is -0.120. The van der Waals surface area contributed by atoms with Crippen LogP contribution in [-0.2, 0) is 4.79 Å². The van der Waals surface area contributed by atoms with Gasteiger partial charge in [-0.15, -0.1) is 12.4 Å². The van der Waals surface area contributed by atoms with Crippen LogP contribution in [0, 0.1) is 12.8 Å². The number of piperidine rings is 1. The monoisotopic (exact) mass is 383 g/mol. The van der Waals surface area contributed by atoms with Crippen LogP contribution < -0.4 is 10.6 Å². The fraction of sp³-hybridized carbons (Fsp3) is 0.556. The Morgan fingerprint density at radius 1 is 1.20 bits per heavy atom. The van der Waals surface area contributed by atoms with E-state index in [9.17, 15) is 9.59 Å². The van der Waals surface area contributed by atoms with Gasteiger partial charge in [-0.2, -0.15) is 11.8 Å². The van der Waals surface area contributed by atoms with Crippen molar-refractivity contribution in [3.63, 3.8) is 0 Å². The second kappa shape index (κ2) is 9.46. The standard InChI is InChI=1S/C18H25N3O2S.ClH/c1-13-15(18(23)21-9-11-24-12-10-21)3-2-4-16(13)20-17(22)14-5-7-19-8-6-14;/h2-4,14,19H,5-12H2,1H3,(H,20,22);1H. The minimum atomic E-state index is 0. The fourth-order valence-electron chi connectivity index (χ4n) is 3.26. The zero-order chi connectivity index (χ0) is 16.9. The van der Waals surface area contributed by atoms with Crippen molar-refractivity contribution in [1.29, 1.82) is 0 Å². The summed E-state index contributed by atoms with van der Waals surface area (Å²) in [5.41, 5.74) is 2.32. The highest BCUT2D eigenvalue weighted by Crippen LogP contribution is 2.23. The van der Waals surface area contributed by atoms with E-state index in [1.165, 1.54) is 0 Å². The van der Waals surface area contributed by atoms with Crippen LogP contribution >= 0.6 is 24.2 Å². The molecular formula is C18H26ClN3O2S. The number of hydrogen-bond donors (Lipinski definition) is 2. The first-order chi connectivity index (χ1) is 11.7. The second-order valence-electron chi connectivity index (χ2n) is 6.40. The van der Waals surface area contributed by atoms with E-state index in [2.05, 4.69) is 10.6 Å². The molecule has 2 aliphatic heterocycles. The van der Waals surface area contributed by atoms with Crippen molar-refractivity contribution in [2.24, 2.45) is 5.92 Å². The Kier molecular flexibility index (Phi) is 7.59. The highest BCUT2D eigenvalue weighted by Gasteiger charge is 2.24. The van der Waals surface area contributed by atoms with Gasteiger partial charge in [0.25, 0.3) is 5.91 Å². The number of halogens is 1. The van der Waals surface area contributed by atoms with Gasteiger partial charge < -0.3 is 15.5 Å². The number of nitrogens with one attached hydrogen (secondary N) is 2. The number of carbonyl (C=O) groups excluding carboxylic acids is 2. The van der Waals surface area contributed by atoms with E-state index in [4.69, 9.17) is 0 Å². The van der Waals surface area contributed by atoms with Gasteiger partial charge in [-0.05, 0) is 50.6 Å². The Labute approximate surface area is 159 Å². The smallest absolute Gasteiger partial charge is 0.254 e. The van der Waals surface area contributed by atoms with Crippen molar-refractivity contribution in [2.45, 2.75) is 19.8 Å². The Morgan fingerprint density at radius 2 is 1.88 bits per heavy atom. The van der Waals surface area contributed by atoms with Crippen LogP contribution in [0.3, 0.4) is 0 Å². The second-order valence-corrected chi connectivity index (χ2v) is 7.62. The quantitative estimate of drug-likeness (QED) is 0.842. The van der Waals surface area contributed by atoms with Crippen molar-refractivity contribution in [1.82, 2.24) is 10.2 Å². The lowest BCUT2D eigenvalue weighted by atomic mass is 9.96. The maximum atomic E-state index is 12.8. The van der Waals surface area contributed by atoms with Crippen LogP contribution in [0.5, 0.6) is 0 Å². The number of hydrogen-bond acceptors (Lipinski definition) is 4. The van der Waals surface area contributed by atoms with Crippen molar-refractivity contribution in [3.05, 3.63) is 29.3 Å². The van der Waals surface area contributed by atoms with Crippen molar-refractivity contribution in [2.75, 3.05) is 43.0 Å². The first-order valence-corrected chi connectivity index (χ1v) is 9.80. The summed E-state index contributed by atoms with van der Waals surface area (Å²) in [5.74, 6) is 2.20. The van der Waals surface area contributed by atoms with Gasteiger partial charge >= 0.3 is 0 Å². The zero-order valence-corrected chi connectivity index (χ0v) is 16.2. The van der Waals surface area contributed by atoms with E-state index in [0.717, 1.165) is 61.8 Å². The molecule has 2 N–H and O–H groups in total. The molecule has 25 heavy (non-hydrogen) atoms. The lowest BCUT2D eigenvalue weighted by Gasteiger charge is -2.27. The molecule has 0 unspecified atom stereocenters. The molecule has 2 aliphatic rings. The first-order valence-electron chi connectivity index (χ1n) is 8.65. The number of benzene rings is 1. The number of amides is 2. The highest BCUT2D eigenvalue weighted by molar-refractivity contribution is 7.99. The Hall–Kier alpha value is -1.24. The molecule has 2 heterocycles. The van der Waals surface area contributed by atoms with Crippen LogP contribution in [0.1, 0.15) is 28.8 Å². The van der Waals surface area contributed by atoms with Gasteiger partial charge in [0, 0.05) is 41.8 Å². The molecule has 0 saturated carbocycles. The van der Waals surface area contributed by atoms with Crippen LogP contribution in [0.2, 0.25) is 0 Å². The van der Waals surface area contributed by atoms with Gasteiger partial charge in [0.2, 0.25) is 5.91 Å². The number of carbonyl (C=O) groups is 2. The molecule has 1 aromatic carbocycles. The SMILES string of the molecule is Cc1c(NC(=O)C2CCNCC2)cccc1C(=O)N1CCSCC1.Cl. The van der Waals surface area contributed by atoms with Gasteiger partial charge in [-0.25, -0.2) is 0 Å². The average Bonchev–Trinajstić information content (AvgIpc) is 2.64. The van der Waals surface area contributed by atoms with E-state index < -0.39 is 0 Å². The van der Waals surface area contributed by atoms with Crippen LogP contribution in [-0.4, -0.2) is 54.4 Å². The number of rotatable bonds is 3. The molecule has 3 rings (SSSR count). The van der Waals surface area contributed by atoms with Crippen LogP contribution in [0.25, 0.3) is 0 Å². The molecule has 0 aromatic heterocycles. The predicted octanol–water partition coefficient (Wildman–Crippen LogP) is 2.54. The van der Waals surface area contributed by atoms with E-state index >= 15 is 0 Å². The van der Waals surface area contributed by atoms with Crippen molar-refractivity contribution >= 4 is 41.7 Å². The number of nitrogens with zero attached hydrogens (tertiary/aromatic N) is 1. The van der Waals surface area contributed by atoms with E-state index in [-0.39, 0.29) is 30.1 Å². The van der Waals surface area contributed by atoms with Gasteiger partial charge in [-0.3, -0.25) is 9.59 Å². The molecule has 138 valence electrons. The third kappa shape index (κ3) is 4.90. The fourth-order valence-corrected chi connectivity index (χ4v) is 4.16. The molecule has 0 spiro atoms. The van der Waals surface area contributed by atoms with E-state index in [1.807, 2.05) is 41.8 Å². The largest absolute Gasteiger partial charge is 0.337 e. The summed E-state index contributed by atoms with van der Waals surface area (Å²) in [4.78, 5) is 27.1. The Bertz CT molecular complexity index is 614. The Balaban J connectivity index is 0.00000225. The lowest BCUT2D eigenvalue weighted by Crippen LogP contribution is -2.38. The summed E-state index contributed by atoms with van der Waals surface area (Å²) in [6, 6.07) is 5.60. The molecule has 0 radical (unpaired) electrons. The van der Waals surface area contributed by atoms with Gasteiger partial charge in [-0.1, -0.05) is 6.07 Å². The molecule has 1 aromatic rings. The summed E-state index contributed by atoms with van der Waals surface area (Å²) in [6.07, 6.45) is 1.74. The highest BCUT2D eigenvalue weighted by atomic mass is 35.5. The van der Waals surface area contributed by atoms with Gasteiger partial charge in [0.15, 0.2) is 0 Å². The number of thioether (sulfide) groups is 1. The van der Waals surface area contributed by atoms with Crippen LogP contribution in [0.15, 0.2) is 18.2 Å². The summed E-state index contributed by atoms with van der Waals surface area (Å²) >= 11 is 1.89. The van der Waals surface area contributed by atoms with E-state index in [0.29, 0.717) is 5.56 Å². The van der Waals surface area contributed by atoms with Gasteiger partial charge in [0.1, 0.15) is 0 Å². The average molecular weight is 384 g/mol.